The maximum atomic E-state index is 12.4. The topological polar surface area (TPSA) is 50.3 Å². The molecular formula is C9H9Br2F3N2O2S. The normalized spacial score (nSPS) is 12.9. The van der Waals surface area contributed by atoms with Crippen LogP contribution in [0, 0.1) is 0 Å². The van der Waals surface area contributed by atoms with E-state index >= 15 is 0 Å². The molecule has 108 valence electrons. The summed E-state index contributed by atoms with van der Waals surface area (Å²) in [5, 5.41) is 0.101. The highest BCUT2D eigenvalue weighted by molar-refractivity contribution is 9.10. The first-order valence-corrected chi connectivity index (χ1v) is 8.25. The van der Waals surface area contributed by atoms with Gasteiger partial charge in [0.15, 0.2) is 0 Å². The lowest BCUT2D eigenvalue weighted by molar-refractivity contribution is -0.135. The lowest BCUT2D eigenvalue weighted by Gasteiger charge is -2.22. The van der Waals surface area contributed by atoms with Gasteiger partial charge >= 0.3 is 6.18 Å². The van der Waals surface area contributed by atoms with Crippen molar-refractivity contribution in [2.75, 3.05) is 18.4 Å². The van der Waals surface area contributed by atoms with Gasteiger partial charge in [0.25, 0.3) is 0 Å². The molecule has 0 aromatic carbocycles. The molecule has 1 aromatic rings. The van der Waals surface area contributed by atoms with Crippen molar-refractivity contribution in [1.29, 1.82) is 0 Å². The molecule has 0 N–H and O–H groups in total. The number of aromatic nitrogens is 1. The van der Waals surface area contributed by atoms with E-state index in [2.05, 4.69) is 36.8 Å². The van der Waals surface area contributed by atoms with Gasteiger partial charge < -0.3 is 0 Å². The average Bonchev–Trinajstić information content (AvgIpc) is 2.26. The Kier molecular flexibility index (Phi) is 5.78. The zero-order valence-electron chi connectivity index (χ0n) is 9.36. The average molecular weight is 426 g/mol. The number of pyridine rings is 1. The van der Waals surface area contributed by atoms with E-state index in [4.69, 9.17) is 0 Å². The Morgan fingerprint density at radius 3 is 2.42 bits per heavy atom. The first-order valence-electron chi connectivity index (χ1n) is 4.90. The molecule has 0 bridgehead atoms. The van der Waals surface area contributed by atoms with Crippen molar-refractivity contribution in [3.8, 4) is 0 Å². The van der Waals surface area contributed by atoms with E-state index in [9.17, 15) is 21.6 Å². The number of halogens is 5. The third-order valence-corrected chi connectivity index (χ3v) is 4.61. The van der Waals surface area contributed by atoms with Crippen molar-refractivity contribution in [2.45, 2.75) is 11.1 Å². The van der Waals surface area contributed by atoms with Gasteiger partial charge in [-0.05, 0) is 22.0 Å². The Bertz CT molecular complexity index is 537. The summed E-state index contributed by atoms with van der Waals surface area (Å²) in [4.78, 5) is 3.36. The molecule has 1 heterocycles. The molecule has 4 nitrogen and oxygen atoms in total. The van der Waals surface area contributed by atoms with Crippen LogP contribution in [0.1, 0.15) is 0 Å². The van der Waals surface area contributed by atoms with E-state index in [0.29, 0.717) is 8.78 Å². The molecule has 1 aromatic heterocycles. The first-order chi connectivity index (χ1) is 8.66. The van der Waals surface area contributed by atoms with E-state index in [1.165, 1.54) is 12.3 Å². The fourth-order valence-corrected chi connectivity index (χ4v) is 3.86. The Morgan fingerprint density at radius 1 is 1.32 bits per heavy atom. The summed E-state index contributed by atoms with van der Waals surface area (Å²) < 4.78 is 62.2. The molecule has 0 unspecified atom stereocenters. The number of alkyl halides is 4. The second-order valence-corrected chi connectivity index (χ2v) is 7.13. The van der Waals surface area contributed by atoms with Crippen LogP contribution in [0.25, 0.3) is 0 Å². The second kappa shape index (κ2) is 6.51. The molecule has 19 heavy (non-hydrogen) atoms. The molecule has 0 aliphatic carbocycles. The van der Waals surface area contributed by atoms with Crippen LogP contribution < -0.4 is 0 Å². The summed E-state index contributed by atoms with van der Waals surface area (Å²) >= 11 is 5.97. The van der Waals surface area contributed by atoms with Gasteiger partial charge in [-0.1, -0.05) is 15.9 Å². The van der Waals surface area contributed by atoms with E-state index in [-0.39, 0.29) is 16.8 Å². The molecule has 0 atom stereocenters. The number of nitrogens with zero attached hydrogens (tertiary/aromatic N) is 2. The van der Waals surface area contributed by atoms with Gasteiger partial charge in [-0.15, -0.1) is 0 Å². The SMILES string of the molecule is O=S(=O)(c1cncc(Br)c1)N(CCBr)CC(F)(F)F. The number of rotatable bonds is 5. The van der Waals surface area contributed by atoms with Crippen LogP contribution in [0.4, 0.5) is 13.2 Å². The summed E-state index contributed by atoms with van der Waals surface area (Å²) in [6, 6.07) is 1.21. The van der Waals surface area contributed by atoms with Gasteiger partial charge in [-0.3, -0.25) is 4.98 Å². The molecule has 0 spiro atoms. The molecule has 10 heteroatoms. The molecule has 1 rings (SSSR count). The third-order valence-electron chi connectivity index (χ3n) is 2.01. The Balaban J connectivity index is 3.13. The van der Waals surface area contributed by atoms with Gasteiger partial charge in [-0.2, -0.15) is 17.5 Å². The Morgan fingerprint density at radius 2 is 1.95 bits per heavy atom. The Labute approximate surface area is 125 Å². The van der Waals surface area contributed by atoms with Gasteiger partial charge in [-0.25, -0.2) is 8.42 Å². The predicted octanol–water partition coefficient (Wildman–Crippen LogP) is 2.79. The molecular weight excluding hydrogens is 417 g/mol. The second-order valence-electron chi connectivity index (χ2n) is 3.48. The van der Waals surface area contributed by atoms with Crippen LogP contribution in [0.2, 0.25) is 0 Å². The number of sulfonamides is 1. The lowest BCUT2D eigenvalue weighted by atomic mass is 10.5. The maximum Gasteiger partial charge on any atom is 0.402 e. The third kappa shape index (κ3) is 5.01. The van der Waals surface area contributed by atoms with Gasteiger partial charge in [0.1, 0.15) is 11.4 Å². The van der Waals surface area contributed by atoms with E-state index in [1.807, 2.05) is 0 Å². The monoisotopic (exact) mass is 424 g/mol. The Hall–Kier alpha value is -0.190. The molecule has 0 saturated heterocycles. The van der Waals surface area contributed by atoms with Crippen LogP contribution in [-0.4, -0.2) is 42.3 Å². The van der Waals surface area contributed by atoms with Crippen LogP contribution in [-0.2, 0) is 10.0 Å². The maximum absolute atomic E-state index is 12.4. The number of hydrogen-bond donors (Lipinski definition) is 0. The van der Waals surface area contributed by atoms with Gasteiger partial charge in [0, 0.05) is 28.7 Å². The van der Waals surface area contributed by atoms with Crippen LogP contribution in [0.3, 0.4) is 0 Å². The minimum absolute atomic E-state index is 0.101. The summed E-state index contributed by atoms with van der Waals surface area (Å²) in [7, 11) is -4.23. The standard InChI is InChI=1S/C9H9Br2F3N2O2S/c10-1-2-16(6-9(12,13)14)19(17,18)8-3-7(11)4-15-5-8/h3-5H,1-2,6H2. The molecule has 0 fully saturated rings. The van der Waals surface area contributed by atoms with Crippen molar-refractivity contribution < 1.29 is 21.6 Å². The van der Waals surface area contributed by atoms with Crippen molar-refractivity contribution in [3.05, 3.63) is 22.9 Å². The smallest absolute Gasteiger partial charge is 0.262 e. The highest BCUT2D eigenvalue weighted by atomic mass is 79.9. The quantitative estimate of drug-likeness (QED) is 0.681. The fourth-order valence-electron chi connectivity index (χ4n) is 1.26. The van der Waals surface area contributed by atoms with Crippen molar-refractivity contribution in [1.82, 2.24) is 9.29 Å². The van der Waals surface area contributed by atoms with Gasteiger partial charge in [0.2, 0.25) is 10.0 Å². The first kappa shape index (κ1) is 16.9. The minimum atomic E-state index is -4.60. The van der Waals surface area contributed by atoms with Gasteiger partial charge in [0.05, 0.1) is 0 Å². The predicted molar refractivity (Wildman–Crippen MR) is 70.5 cm³/mol. The minimum Gasteiger partial charge on any atom is -0.262 e. The number of hydrogen-bond acceptors (Lipinski definition) is 3. The highest BCUT2D eigenvalue weighted by Crippen LogP contribution is 2.23. The van der Waals surface area contributed by atoms with E-state index < -0.39 is 22.7 Å². The van der Waals surface area contributed by atoms with Crippen LogP contribution >= 0.6 is 31.9 Å². The lowest BCUT2D eigenvalue weighted by Crippen LogP contribution is -2.40. The largest absolute Gasteiger partial charge is 0.402 e. The summed E-state index contributed by atoms with van der Waals surface area (Å²) in [5.41, 5.74) is 0. The van der Waals surface area contributed by atoms with Crippen molar-refractivity contribution >= 4 is 41.9 Å². The highest BCUT2D eigenvalue weighted by Gasteiger charge is 2.36. The molecule has 0 saturated carbocycles. The summed E-state index contributed by atoms with van der Waals surface area (Å²) in [6.07, 6.45) is -2.25. The van der Waals surface area contributed by atoms with Crippen molar-refractivity contribution in [3.63, 3.8) is 0 Å². The van der Waals surface area contributed by atoms with Crippen LogP contribution in [0.5, 0.6) is 0 Å². The molecule has 0 aliphatic heterocycles. The summed E-state index contributed by atoms with van der Waals surface area (Å²) in [5.74, 6) is 0. The molecule has 0 amide bonds. The zero-order chi connectivity index (χ0) is 14.7. The van der Waals surface area contributed by atoms with Crippen molar-refractivity contribution in [2.24, 2.45) is 0 Å². The van der Waals surface area contributed by atoms with E-state index in [1.54, 1.807) is 0 Å². The molecule has 0 radical (unpaired) electrons. The molecule has 0 aliphatic rings. The fraction of sp³-hybridized carbons (Fsp3) is 0.444. The summed E-state index contributed by atoms with van der Waals surface area (Å²) in [6.45, 7) is -1.82. The zero-order valence-corrected chi connectivity index (χ0v) is 13.4. The van der Waals surface area contributed by atoms with Crippen LogP contribution in [0.15, 0.2) is 27.8 Å². The van der Waals surface area contributed by atoms with E-state index in [0.717, 1.165) is 6.20 Å².